The van der Waals surface area contributed by atoms with Crippen molar-refractivity contribution in [2.75, 3.05) is 45.7 Å². The number of likely N-dealkylation sites (N-methyl/N-ethyl adjacent to an activating group) is 1. The van der Waals surface area contributed by atoms with E-state index in [1.807, 2.05) is 78.8 Å². The number of nitrogens with one attached hydrogen (secondary N) is 1. The predicted molar refractivity (Wildman–Crippen MR) is 180 cm³/mol. The van der Waals surface area contributed by atoms with Crippen molar-refractivity contribution in [1.82, 2.24) is 24.3 Å². The van der Waals surface area contributed by atoms with Crippen LogP contribution in [-0.2, 0) is 6.54 Å². The second-order valence-electron chi connectivity index (χ2n) is 11.9. The van der Waals surface area contributed by atoms with Gasteiger partial charge in [-0.2, -0.15) is 0 Å². The third-order valence-electron chi connectivity index (χ3n) is 8.84. The molecule has 3 aromatic carbocycles. The minimum Gasteiger partial charge on any atom is -0.497 e. The average molecular weight is 603 g/mol. The first kappa shape index (κ1) is 30.3. The van der Waals surface area contributed by atoms with Crippen molar-refractivity contribution in [2.45, 2.75) is 37.8 Å². The van der Waals surface area contributed by atoms with Crippen molar-refractivity contribution in [2.24, 2.45) is 0 Å². The fourth-order valence-electron chi connectivity index (χ4n) is 6.29. The number of ether oxygens (including phenoxy) is 1. The largest absolute Gasteiger partial charge is 0.497 e. The maximum absolute atomic E-state index is 13.2. The monoisotopic (exact) mass is 602 g/mol. The number of nitrogens with zero attached hydrogens (tertiary/aromatic N) is 5. The smallest absolute Gasteiger partial charge is 0.253 e. The molecular weight excluding hydrogens is 560 g/mol. The number of carbonyl (C=O) groups excluding carboxylic acids is 1. The van der Waals surface area contributed by atoms with E-state index in [0.717, 1.165) is 67.3 Å². The second-order valence-corrected chi connectivity index (χ2v) is 11.9. The van der Waals surface area contributed by atoms with Crippen LogP contribution in [0.5, 0.6) is 5.75 Å². The number of hydrogen-bond donors (Lipinski definition) is 1. The molecule has 6 rings (SSSR count). The molecule has 3 heterocycles. The third kappa shape index (κ3) is 7.52. The van der Waals surface area contributed by atoms with E-state index in [-0.39, 0.29) is 11.8 Å². The summed E-state index contributed by atoms with van der Waals surface area (Å²) in [5.74, 6) is 1.99. The lowest BCUT2D eigenvalue weighted by Crippen LogP contribution is -2.40. The number of fused-ring (bicyclic) bond motifs is 1. The van der Waals surface area contributed by atoms with Crippen molar-refractivity contribution < 1.29 is 9.53 Å². The number of hydrogen-bond acceptors (Lipinski definition) is 6. The normalized spacial score (nSPS) is 14.7. The van der Waals surface area contributed by atoms with Crippen molar-refractivity contribution >= 4 is 22.9 Å². The van der Waals surface area contributed by atoms with E-state index in [2.05, 4.69) is 56.2 Å². The molecule has 1 aliphatic rings. The number of para-hydroxylation sites is 2. The Labute approximate surface area is 265 Å². The highest BCUT2D eigenvalue weighted by Gasteiger charge is 2.24. The molecule has 0 radical (unpaired) electrons. The summed E-state index contributed by atoms with van der Waals surface area (Å²) in [5.41, 5.74) is 5.04. The molecule has 232 valence electrons. The van der Waals surface area contributed by atoms with Crippen LogP contribution in [0.4, 0.5) is 5.95 Å². The number of benzene rings is 3. The quantitative estimate of drug-likeness (QED) is 0.180. The van der Waals surface area contributed by atoms with Crippen LogP contribution >= 0.6 is 0 Å². The number of carbonyl (C=O) groups is 1. The van der Waals surface area contributed by atoms with Crippen molar-refractivity contribution in [3.05, 3.63) is 120 Å². The van der Waals surface area contributed by atoms with E-state index in [9.17, 15) is 4.79 Å². The molecular formula is C37H42N6O2. The van der Waals surface area contributed by atoms with Crippen LogP contribution in [0.1, 0.15) is 46.8 Å². The molecule has 5 aromatic rings. The molecule has 8 nitrogen and oxygen atoms in total. The number of amides is 1. The number of likely N-dealkylation sites (tertiary alicyclic amines) is 1. The average Bonchev–Trinajstić information content (AvgIpc) is 3.43. The van der Waals surface area contributed by atoms with Crippen molar-refractivity contribution in [1.29, 1.82) is 0 Å². The van der Waals surface area contributed by atoms with Gasteiger partial charge >= 0.3 is 0 Å². The molecule has 0 saturated carbocycles. The van der Waals surface area contributed by atoms with Gasteiger partial charge in [-0.05, 0) is 79.9 Å². The fourth-order valence-corrected chi connectivity index (χ4v) is 6.29. The first-order valence-electron chi connectivity index (χ1n) is 15.9. The Morgan fingerprint density at radius 1 is 0.978 bits per heavy atom. The third-order valence-corrected chi connectivity index (χ3v) is 8.84. The SMILES string of the molecule is COc1cccc(C(CCN2CCC(Nc3nc4ccccc4n3Cc3ccccn3)CC2)CN(C)C(=O)c2ccccc2)c1. The van der Waals surface area contributed by atoms with Gasteiger partial charge in [-0.25, -0.2) is 4.98 Å². The number of rotatable bonds is 12. The number of imidazole rings is 1. The summed E-state index contributed by atoms with van der Waals surface area (Å²) >= 11 is 0. The van der Waals surface area contributed by atoms with Crippen LogP contribution < -0.4 is 10.1 Å². The number of piperidine rings is 1. The van der Waals surface area contributed by atoms with Crippen molar-refractivity contribution in [3.63, 3.8) is 0 Å². The first-order valence-corrected chi connectivity index (χ1v) is 15.9. The van der Waals surface area contributed by atoms with Gasteiger partial charge in [0.2, 0.25) is 5.95 Å². The Bertz CT molecular complexity index is 1680. The molecule has 1 saturated heterocycles. The number of aromatic nitrogens is 3. The molecule has 45 heavy (non-hydrogen) atoms. The van der Waals surface area contributed by atoms with Crippen LogP contribution in [0, 0.1) is 0 Å². The highest BCUT2D eigenvalue weighted by molar-refractivity contribution is 5.94. The summed E-state index contributed by atoms with van der Waals surface area (Å²) in [6.45, 7) is 4.32. The lowest BCUT2D eigenvalue weighted by molar-refractivity contribution is 0.0782. The first-order chi connectivity index (χ1) is 22.1. The molecule has 1 aliphatic heterocycles. The lowest BCUT2D eigenvalue weighted by atomic mass is 9.93. The fraction of sp³-hybridized carbons (Fsp3) is 0.324. The van der Waals surface area contributed by atoms with Gasteiger partial charge in [-0.15, -0.1) is 0 Å². The summed E-state index contributed by atoms with van der Waals surface area (Å²) < 4.78 is 7.78. The Balaban J connectivity index is 1.09. The molecule has 1 N–H and O–H groups in total. The van der Waals surface area contributed by atoms with E-state index in [1.165, 1.54) is 5.56 Å². The molecule has 1 unspecified atom stereocenters. The van der Waals surface area contributed by atoms with E-state index in [1.54, 1.807) is 7.11 Å². The molecule has 0 spiro atoms. The Hall–Kier alpha value is -4.69. The van der Waals surface area contributed by atoms with Gasteiger partial charge in [0.1, 0.15) is 5.75 Å². The van der Waals surface area contributed by atoms with E-state index in [0.29, 0.717) is 24.7 Å². The summed E-state index contributed by atoms with van der Waals surface area (Å²) in [6, 6.07) is 32.5. The number of pyridine rings is 1. The van der Waals surface area contributed by atoms with Gasteiger partial charge in [-0.3, -0.25) is 9.78 Å². The van der Waals surface area contributed by atoms with Crippen LogP contribution in [0.3, 0.4) is 0 Å². The van der Waals surface area contributed by atoms with Gasteiger partial charge in [0.05, 0.1) is 30.4 Å². The lowest BCUT2D eigenvalue weighted by Gasteiger charge is -2.34. The van der Waals surface area contributed by atoms with Crippen LogP contribution in [0.2, 0.25) is 0 Å². The van der Waals surface area contributed by atoms with E-state index < -0.39 is 0 Å². The zero-order valence-corrected chi connectivity index (χ0v) is 26.2. The summed E-state index contributed by atoms with van der Waals surface area (Å²) in [5, 5.41) is 3.78. The Morgan fingerprint density at radius 2 is 1.76 bits per heavy atom. The van der Waals surface area contributed by atoms with E-state index >= 15 is 0 Å². The second kappa shape index (κ2) is 14.4. The predicted octanol–water partition coefficient (Wildman–Crippen LogP) is 6.31. The Kier molecular flexibility index (Phi) is 9.71. The van der Waals surface area contributed by atoms with Gasteiger partial charge in [0.25, 0.3) is 5.91 Å². The molecule has 0 aliphatic carbocycles. The molecule has 8 heteroatoms. The van der Waals surface area contributed by atoms with Gasteiger partial charge in [0, 0.05) is 50.4 Å². The summed E-state index contributed by atoms with van der Waals surface area (Å²) in [7, 11) is 3.60. The molecule has 0 bridgehead atoms. The Morgan fingerprint density at radius 3 is 2.53 bits per heavy atom. The molecule has 1 amide bonds. The van der Waals surface area contributed by atoms with Crippen molar-refractivity contribution in [3.8, 4) is 5.75 Å². The molecule has 1 fully saturated rings. The minimum atomic E-state index is 0.0458. The summed E-state index contributed by atoms with van der Waals surface area (Å²) in [4.78, 5) is 27.1. The topological polar surface area (TPSA) is 75.5 Å². The van der Waals surface area contributed by atoms with Gasteiger partial charge < -0.3 is 24.4 Å². The van der Waals surface area contributed by atoms with E-state index in [4.69, 9.17) is 9.72 Å². The maximum atomic E-state index is 13.2. The zero-order valence-electron chi connectivity index (χ0n) is 26.2. The highest BCUT2D eigenvalue weighted by atomic mass is 16.5. The number of methoxy groups -OCH3 is 1. The highest BCUT2D eigenvalue weighted by Crippen LogP contribution is 2.27. The maximum Gasteiger partial charge on any atom is 0.253 e. The zero-order chi connectivity index (χ0) is 31.0. The van der Waals surface area contributed by atoms with Gasteiger partial charge in [0.15, 0.2) is 0 Å². The molecule has 1 atom stereocenters. The number of anilines is 1. The van der Waals surface area contributed by atoms with Crippen LogP contribution in [0.15, 0.2) is 103 Å². The van der Waals surface area contributed by atoms with Crippen LogP contribution in [0.25, 0.3) is 11.0 Å². The van der Waals surface area contributed by atoms with Gasteiger partial charge in [-0.1, -0.05) is 48.5 Å². The minimum absolute atomic E-state index is 0.0458. The summed E-state index contributed by atoms with van der Waals surface area (Å²) in [6.07, 6.45) is 4.89. The standard InChI is InChI=1S/C37H42N6O2/c1-41(36(44)28-11-4-3-5-12-28)26-30(29-13-10-15-33(25-29)45-2)18-22-42-23-19-31(20-24-42)39-37-40-34-16-6-7-17-35(34)43(37)27-32-14-8-9-21-38-32/h3-17,21,25,30-31H,18-20,22-24,26-27H2,1-2H3,(H,39,40). The van der Waals surface area contributed by atoms with Crippen LogP contribution in [-0.4, -0.2) is 76.6 Å². The molecule has 2 aromatic heterocycles.